The van der Waals surface area contributed by atoms with Crippen molar-refractivity contribution in [2.45, 2.75) is 25.9 Å². The molecule has 0 radical (unpaired) electrons. The van der Waals surface area contributed by atoms with E-state index < -0.39 is 0 Å². The molecule has 5 rings (SSSR count). The Labute approximate surface area is 177 Å². The van der Waals surface area contributed by atoms with Gasteiger partial charge in [-0.1, -0.05) is 17.3 Å². The summed E-state index contributed by atoms with van der Waals surface area (Å²) in [7, 11) is 0. The van der Waals surface area contributed by atoms with Gasteiger partial charge in [0.1, 0.15) is 0 Å². The zero-order valence-electron chi connectivity index (χ0n) is 16.4. The smallest absolute Gasteiger partial charge is 0.241 e. The van der Waals surface area contributed by atoms with E-state index in [1.54, 1.807) is 11.3 Å². The summed E-state index contributed by atoms with van der Waals surface area (Å²) in [4.78, 5) is 20.4. The van der Waals surface area contributed by atoms with Crippen molar-refractivity contribution in [3.63, 3.8) is 0 Å². The van der Waals surface area contributed by atoms with E-state index in [-0.39, 0.29) is 18.6 Å². The van der Waals surface area contributed by atoms with E-state index in [0.29, 0.717) is 31.3 Å². The van der Waals surface area contributed by atoms with Crippen LogP contribution in [0.1, 0.15) is 24.3 Å². The van der Waals surface area contributed by atoms with Gasteiger partial charge in [0.2, 0.25) is 24.4 Å². The van der Waals surface area contributed by atoms with Gasteiger partial charge in [-0.05, 0) is 48.5 Å². The molecule has 9 heteroatoms. The Hall–Kier alpha value is -2.91. The summed E-state index contributed by atoms with van der Waals surface area (Å²) >= 11 is 1.58. The van der Waals surface area contributed by atoms with Gasteiger partial charge in [-0.15, -0.1) is 11.3 Å². The lowest BCUT2D eigenvalue weighted by atomic mass is 9.97. The first-order valence-corrected chi connectivity index (χ1v) is 10.9. The molecular formula is C21H22N4O4S. The van der Waals surface area contributed by atoms with Crippen LogP contribution in [0.2, 0.25) is 0 Å². The highest BCUT2D eigenvalue weighted by Crippen LogP contribution is 2.32. The molecule has 1 fully saturated rings. The summed E-state index contributed by atoms with van der Waals surface area (Å²) in [6.07, 6.45) is 1.85. The molecule has 3 aromatic rings. The van der Waals surface area contributed by atoms with Crippen molar-refractivity contribution < 1.29 is 18.8 Å². The lowest BCUT2D eigenvalue weighted by Gasteiger charge is -2.30. The van der Waals surface area contributed by atoms with Crippen molar-refractivity contribution in [3.8, 4) is 22.2 Å². The van der Waals surface area contributed by atoms with Crippen LogP contribution in [0.4, 0.5) is 0 Å². The highest BCUT2D eigenvalue weighted by atomic mass is 32.1. The van der Waals surface area contributed by atoms with Crippen LogP contribution in [0.15, 0.2) is 40.2 Å². The van der Waals surface area contributed by atoms with E-state index in [4.69, 9.17) is 14.0 Å². The average molecular weight is 426 g/mol. The second-order valence-corrected chi connectivity index (χ2v) is 8.42. The normalized spacial score (nSPS) is 18.5. The number of nitrogens with one attached hydrogen (secondary N) is 1. The molecule has 1 aromatic carbocycles. The summed E-state index contributed by atoms with van der Waals surface area (Å²) in [5, 5.41) is 9.11. The number of carbonyl (C=O) groups is 1. The number of hydrogen-bond donors (Lipinski definition) is 1. The molecule has 0 spiro atoms. The molecule has 1 N–H and O–H groups in total. The fourth-order valence-corrected chi connectivity index (χ4v) is 4.46. The minimum Gasteiger partial charge on any atom is -0.454 e. The van der Waals surface area contributed by atoms with Crippen LogP contribution in [0.25, 0.3) is 10.7 Å². The SMILES string of the molecule is O=C(NCc1ccc2c(c1)OCO2)C1CCCN(Cc2nc(-c3cccs3)no2)C1. The molecule has 1 amide bonds. The summed E-state index contributed by atoms with van der Waals surface area (Å²) in [5.74, 6) is 2.70. The van der Waals surface area contributed by atoms with E-state index >= 15 is 0 Å². The Morgan fingerprint density at radius 3 is 3.10 bits per heavy atom. The highest BCUT2D eigenvalue weighted by molar-refractivity contribution is 7.13. The van der Waals surface area contributed by atoms with Gasteiger partial charge in [0.25, 0.3) is 0 Å². The Morgan fingerprint density at radius 1 is 1.27 bits per heavy atom. The fraction of sp³-hybridized carbons (Fsp3) is 0.381. The minimum absolute atomic E-state index is 0.0487. The molecule has 1 saturated heterocycles. The number of amides is 1. The van der Waals surface area contributed by atoms with Crippen molar-refractivity contribution >= 4 is 17.2 Å². The number of hydrogen-bond acceptors (Lipinski definition) is 8. The monoisotopic (exact) mass is 426 g/mol. The number of ether oxygens (including phenoxy) is 2. The molecule has 2 aliphatic rings. The third-order valence-corrected chi connectivity index (χ3v) is 6.21. The topological polar surface area (TPSA) is 89.7 Å². The molecule has 2 aliphatic heterocycles. The molecule has 2 aromatic heterocycles. The lowest BCUT2D eigenvalue weighted by Crippen LogP contribution is -2.42. The second-order valence-electron chi connectivity index (χ2n) is 7.47. The predicted molar refractivity (Wildman–Crippen MR) is 110 cm³/mol. The number of carbonyl (C=O) groups excluding carboxylic acids is 1. The Bertz CT molecular complexity index is 1020. The quantitative estimate of drug-likeness (QED) is 0.648. The van der Waals surface area contributed by atoms with Crippen LogP contribution in [0.3, 0.4) is 0 Å². The van der Waals surface area contributed by atoms with Gasteiger partial charge in [-0.3, -0.25) is 9.69 Å². The fourth-order valence-electron chi connectivity index (χ4n) is 3.81. The molecule has 1 unspecified atom stereocenters. The summed E-state index contributed by atoms with van der Waals surface area (Å²) in [6, 6.07) is 9.67. The lowest BCUT2D eigenvalue weighted by molar-refractivity contribution is -0.127. The molecule has 30 heavy (non-hydrogen) atoms. The van der Waals surface area contributed by atoms with E-state index in [2.05, 4.69) is 20.4 Å². The van der Waals surface area contributed by atoms with E-state index in [9.17, 15) is 4.79 Å². The summed E-state index contributed by atoms with van der Waals surface area (Å²) in [5.41, 5.74) is 0.993. The number of aromatic nitrogens is 2. The Morgan fingerprint density at radius 2 is 2.20 bits per heavy atom. The molecule has 8 nitrogen and oxygen atoms in total. The molecule has 0 bridgehead atoms. The minimum atomic E-state index is -0.0487. The van der Waals surface area contributed by atoms with Gasteiger partial charge in [0.05, 0.1) is 17.3 Å². The largest absolute Gasteiger partial charge is 0.454 e. The molecular weight excluding hydrogens is 404 g/mol. The molecule has 156 valence electrons. The van der Waals surface area contributed by atoms with Crippen molar-refractivity contribution in [3.05, 3.63) is 47.2 Å². The molecule has 1 atom stereocenters. The molecule has 0 aliphatic carbocycles. The maximum atomic E-state index is 12.7. The Kier molecular flexibility index (Phi) is 5.37. The first kappa shape index (κ1) is 19.1. The standard InChI is InChI=1S/C21H22N4O4S/c26-21(22-10-14-5-6-16-17(9-14)28-13-27-16)15-3-1-7-25(11-15)12-19-23-20(24-29-19)18-4-2-8-30-18/h2,4-6,8-9,15H,1,3,7,10-13H2,(H,22,26). The van der Waals surface area contributed by atoms with E-state index in [1.165, 1.54) is 0 Å². The van der Waals surface area contributed by atoms with E-state index in [0.717, 1.165) is 41.3 Å². The number of likely N-dealkylation sites (tertiary alicyclic amines) is 1. The number of benzene rings is 1. The maximum absolute atomic E-state index is 12.7. The van der Waals surface area contributed by atoms with Crippen molar-refractivity contribution in [2.75, 3.05) is 19.9 Å². The number of piperidine rings is 1. The third-order valence-electron chi connectivity index (χ3n) is 5.35. The van der Waals surface area contributed by atoms with Gasteiger partial charge in [-0.2, -0.15) is 4.98 Å². The maximum Gasteiger partial charge on any atom is 0.241 e. The molecule has 0 saturated carbocycles. The van der Waals surface area contributed by atoms with Crippen LogP contribution in [-0.4, -0.2) is 40.8 Å². The molecule has 4 heterocycles. The van der Waals surface area contributed by atoms with Crippen LogP contribution in [-0.2, 0) is 17.9 Å². The van der Waals surface area contributed by atoms with Gasteiger partial charge in [0, 0.05) is 13.1 Å². The van der Waals surface area contributed by atoms with E-state index in [1.807, 2.05) is 35.7 Å². The van der Waals surface area contributed by atoms with Gasteiger partial charge >= 0.3 is 0 Å². The van der Waals surface area contributed by atoms with Crippen LogP contribution >= 0.6 is 11.3 Å². The predicted octanol–water partition coefficient (Wildman–Crippen LogP) is 3.06. The zero-order chi connectivity index (χ0) is 20.3. The van der Waals surface area contributed by atoms with Crippen LogP contribution < -0.4 is 14.8 Å². The van der Waals surface area contributed by atoms with Crippen LogP contribution in [0.5, 0.6) is 11.5 Å². The van der Waals surface area contributed by atoms with Gasteiger partial charge in [-0.25, -0.2) is 0 Å². The summed E-state index contributed by atoms with van der Waals surface area (Å²) in [6.45, 7) is 2.88. The Balaban J connectivity index is 1.14. The average Bonchev–Trinajstić information content (AvgIpc) is 3.53. The number of nitrogens with zero attached hydrogens (tertiary/aromatic N) is 3. The summed E-state index contributed by atoms with van der Waals surface area (Å²) < 4.78 is 16.1. The van der Waals surface area contributed by atoms with Gasteiger partial charge < -0.3 is 19.3 Å². The van der Waals surface area contributed by atoms with Crippen molar-refractivity contribution in [2.24, 2.45) is 5.92 Å². The van der Waals surface area contributed by atoms with Crippen molar-refractivity contribution in [1.82, 2.24) is 20.4 Å². The second kappa shape index (κ2) is 8.45. The number of fused-ring (bicyclic) bond motifs is 1. The van der Waals surface area contributed by atoms with Crippen LogP contribution in [0, 0.1) is 5.92 Å². The zero-order valence-corrected chi connectivity index (χ0v) is 17.2. The highest BCUT2D eigenvalue weighted by Gasteiger charge is 2.27. The first-order valence-electron chi connectivity index (χ1n) is 9.99. The van der Waals surface area contributed by atoms with Crippen molar-refractivity contribution in [1.29, 1.82) is 0 Å². The first-order chi connectivity index (χ1) is 14.7. The number of rotatable bonds is 6. The third kappa shape index (κ3) is 4.17. The van der Waals surface area contributed by atoms with Gasteiger partial charge in [0.15, 0.2) is 11.5 Å². The number of thiophene rings is 1.